The number of rotatable bonds is 11. The Balaban J connectivity index is 1.14. The van der Waals surface area contributed by atoms with E-state index in [-0.39, 0.29) is 30.8 Å². The number of aromatic nitrogens is 5. The number of hydrogen-bond donors (Lipinski definition) is 1. The Bertz CT molecular complexity index is 1540. The largest absolute Gasteiger partial charge is 0.497 e. The van der Waals surface area contributed by atoms with Crippen LogP contribution in [0, 0.1) is 6.92 Å². The summed E-state index contributed by atoms with van der Waals surface area (Å²) in [4.78, 5) is 21.5. The van der Waals surface area contributed by atoms with Crippen molar-refractivity contribution >= 4 is 11.7 Å². The number of anilines is 1. The summed E-state index contributed by atoms with van der Waals surface area (Å²) in [6.45, 7) is 8.59. The molecule has 214 valence electrons. The Morgan fingerprint density at radius 3 is 2.51 bits per heavy atom. The van der Waals surface area contributed by atoms with Crippen LogP contribution in [0.15, 0.2) is 65.8 Å². The van der Waals surface area contributed by atoms with Crippen LogP contribution >= 0.6 is 0 Å². The summed E-state index contributed by atoms with van der Waals surface area (Å²) in [5.41, 5.74) is 2.38. The quantitative estimate of drug-likeness (QED) is 0.237. The van der Waals surface area contributed by atoms with E-state index in [2.05, 4.69) is 32.1 Å². The van der Waals surface area contributed by atoms with E-state index >= 15 is 0 Å². The van der Waals surface area contributed by atoms with Crippen molar-refractivity contribution in [2.45, 2.75) is 57.7 Å². The van der Waals surface area contributed by atoms with Gasteiger partial charge in [0.1, 0.15) is 17.8 Å². The van der Waals surface area contributed by atoms with Crippen LogP contribution in [0.25, 0.3) is 11.1 Å². The molecule has 4 aromatic rings. The monoisotopic (exact) mass is 566 g/mol. The predicted octanol–water partition coefficient (Wildman–Crippen LogP) is 5.55. The lowest BCUT2D eigenvalue weighted by molar-refractivity contribution is -0.165. The first-order chi connectivity index (χ1) is 19.5. The number of nitrogens with zero attached hydrogens (tertiary/aromatic N) is 5. The molecule has 0 aliphatic heterocycles. The minimum Gasteiger partial charge on any atom is -0.497 e. The topological polar surface area (TPSA) is 108 Å². The summed E-state index contributed by atoms with van der Waals surface area (Å²) in [5.74, 6) is 0.618. The standard InChI is InChI=1S/C29H29F3N6O3/c1-18(2)40-11-10-38-17-22(19(3)36-38)13-25-33-15-23(16-34-25)21-6-4-20(5-7-21)12-27(39)35-26-14-24(41-37-26)28(8-9-28)29(30,31)32/h4-7,14-17H,1,8-13H2,2-3H3,(H,35,37,39). The number of allylic oxidation sites excluding steroid dienone is 1. The number of carbonyl (C=O) groups excluding carboxylic acids is 1. The van der Waals surface area contributed by atoms with Crippen molar-refractivity contribution in [1.82, 2.24) is 24.9 Å². The van der Waals surface area contributed by atoms with Gasteiger partial charge in [0.2, 0.25) is 5.91 Å². The first-order valence-corrected chi connectivity index (χ1v) is 13.1. The summed E-state index contributed by atoms with van der Waals surface area (Å²) in [6, 6.07) is 8.47. The van der Waals surface area contributed by atoms with Crippen LogP contribution in [-0.2, 0) is 34.3 Å². The highest BCUT2D eigenvalue weighted by Crippen LogP contribution is 2.59. The van der Waals surface area contributed by atoms with E-state index in [1.54, 1.807) is 24.5 Å². The van der Waals surface area contributed by atoms with Gasteiger partial charge in [-0.1, -0.05) is 36.0 Å². The molecule has 1 N–H and O–H groups in total. The van der Waals surface area contributed by atoms with E-state index in [0.717, 1.165) is 34.0 Å². The number of alkyl halides is 3. The van der Waals surface area contributed by atoms with Gasteiger partial charge in [0.25, 0.3) is 0 Å². The fraction of sp³-hybridized carbons (Fsp3) is 0.345. The molecule has 1 amide bonds. The molecule has 3 heterocycles. The first kappa shape index (κ1) is 28.1. The highest BCUT2D eigenvalue weighted by atomic mass is 19.4. The summed E-state index contributed by atoms with van der Waals surface area (Å²) < 4.78 is 52.0. The van der Waals surface area contributed by atoms with E-state index in [1.807, 2.05) is 36.9 Å². The molecule has 1 saturated carbocycles. The second kappa shape index (κ2) is 11.2. The normalized spacial score (nSPS) is 14.1. The Morgan fingerprint density at radius 1 is 1.17 bits per heavy atom. The van der Waals surface area contributed by atoms with Crippen molar-refractivity contribution in [2.75, 3.05) is 11.9 Å². The molecule has 0 bridgehead atoms. The maximum Gasteiger partial charge on any atom is 0.401 e. The lowest BCUT2D eigenvalue weighted by Gasteiger charge is -2.14. The summed E-state index contributed by atoms with van der Waals surface area (Å²) >= 11 is 0. The fourth-order valence-electron chi connectivity index (χ4n) is 4.47. The second-order valence-electron chi connectivity index (χ2n) is 10.2. The number of halogens is 3. The van der Waals surface area contributed by atoms with E-state index in [4.69, 9.17) is 9.26 Å². The number of hydrogen-bond acceptors (Lipinski definition) is 7. The molecule has 1 aliphatic rings. The molecule has 9 nitrogen and oxygen atoms in total. The van der Waals surface area contributed by atoms with Crippen LogP contribution in [0.2, 0.25) is 0 Å². The lowest BCUT2D eigenvalue weighted by atomic mass is 10.0. The van der Waals surface area contributed by atoms with Crippen molar-refractivity contribution in [3.8, 4) is 11.1 Å². The zero-order valence-corrected chi connectivity index (χ0v) is 22.7. The number of benzene rings is 1. The Morgan fingerprint density at radius 2 is 1.88 bits per heavy atom. The van der Waals surface area contributed by atoms with Crippen LogP contribution in [0.3, 0.4) is 0 Å². The number of ether oxygens (including phenoxy) is 1. The molecule has 0 saturated heterocycles. The summed E-state index contributed by atoms with van der Waals surface area (Å²) in [5, 5.41) is 10.6. The third-order valence-corrected chi connectivity index (χ3v) is 6.96. The predicted molar refractivity (Wildman–Crippen MR) is 144 cm³/mol. The highest BCUT2D eigenvalue weighted by Gasteiger charge is 2.66. The molecule has 12 heteroatoms. The van der Waals surface area contributed by atoms with Gasteiger partial charge in [-0.25, -0.2) is 9.97 Å². The van der Waals surface area contributed by atoms with Crippen molar-refractivity contribution < 1.29 is 27.2 Å². The number of carbonyl (C=O) groups is 1. The molecule has 1 aromatic carbocycles. The maximum absolute atomic E-state index is 13.3. The highest BCUT2D eigenvalue weighted by molar-refractivity contribution is 5.91. The average Bonchev–Trinajstić information content (AvgIpc) is 3.51. The average molecular weight is 567 g/mol. The molecular formula is C29H29F3N6O3. The zero-order valence-electron chi connectivity index (χ0n) is 22.7. The van der Waals surface area contributed by atoms with E-state index < -0.39 is 17.5 Å². The van der Waals surface area contributed by atoms with Crippen LogP contribution in [0.5, 0.6) is 0 Å². The smallest absolute Gasteiger partial charge is 0.401 e. The van der Waals surface area contributed by atoms with Gasteiger partial charge in [-0.05, 0) is 37.8 Å². The van der Waals surface area contributed by atoms with Gasteiger partial charge < -0.3 is 14.6 Å². The fourth-order valence-corrected chi connectivity index (χ4v) is 4.47. The molecule has 0 spiro atoms. The number of amides is 1. The first-order valence-electron chi connectivity index (χ1n) is 13.1. The number of aryl methyl sites for hydroxylation is 1. The van der Waals surface area contributed by atoms with Crippen molar-refractivity contribution in [1.29, 1.82) is 0 Å². The maximum atomic E-state index is 13.3. The summed E-state index contributed by atoms with van der Waals surface area (Å²) in [7, 11) is 0. The van der Waals surface area contributed by atoms with E-state index in [0.29, 0.717) is 31.2 Å². The molecule has 0 atom stereocenters. The van der Waals surface area contributed by atoms with E-state index in [1.165, 1.54) is 0 Å². The van der Waals surface area contributed by atoms with Gasteiger partial charge in [0.05, 0.1) is 24.4 Å². The third kappa shape index (κ3) is 6.47. The molecule has 1 aliphatic carbocycles. The molecule has 5 rings (SSSR count). The van der Waals surface area contributed by atoms with E-state index in [9.17, 15) is 18.0 Å². The Kier molecular flexibility index (Phi) is 7.65. The summed E-state index contributed by atoms with van der Waals surface area (Å²) in [6.07, 6.45) is 1.54. The zero-order chi connectivity index (χ0) is 29.2. The molecule has 0 unspecified atom stereocenters. The van der Waals surface area contributed by atoms with Crippen LogP contribution in [0.4, 0.5) is 19.0 Å². The minimum absolute atomic E-state index is 0.0225. The van der Waals surface area contributed by atoms with Crippen LogP contribution < -0.4 is 5.32 Å². The van der Waals surface area contributed by atoms with Crippen molar-refractivity contribution in [3.63, 3.8) is 0 Å². The molecule has 1 fully saturated rings. The van der Waals surface area contributed by atoms with Gasteiger partial charge in [0, 0.05) is 42.2 Å². The van der Waals surface area contributed by atoms with Crippen LogP contribution in [0.1, 0.15) is 48.2 Å². The Labute approximate surface area is 234 Å². The molecule has 0 radical (unpaired) electrons. The van der Waals surface area contributed by atoms with Crippen molar-refractivity contribution in [2.24, 2.45) is 0 Å². The minimum atomic E-state index is -4.41. The van der Waals surface area contributed by atoms with Gasteiger partial charge in [-0.15, -0.1) is 0 Å². The second-order valence-corrected chi connectivity index (χ2v) is 10.2. The van der Waals surface area contributed by atoms with Gasteiger partial charge in [0.15, 0.2) is 11.6 Å². The molecular weight excluding hydrogens is 537 g/mol. The number of nitrogens with one attached hydrogen (secondary N) is 1. The molecule has 41 heavy (non-hydrogen) atoms. The van der Waals surface area contributed by atoms with Crippen molar-refractivity contribution in [3.05, 3.63) is 89.7 Å². The lowest BCUT2D eigenvalue weighted by Crippen LogP contribution is -2.28. The molecule has 3 aromatic heterocycles. The van der Waals surface area contributed by atoms with Gasteiger partial charge in [-0.2, -0.15) is 18.3 Å². The third-order valence-electron chi connectivity index (χ3n) is 6.96. The Hall–Kier alpha value is -4.48. The van der Waals surface area contributed by atoms with Gasteiger partial charge >= 0.3 is 6.18 Å². The van der Waals surface area contributed by atoms with Gasteiger partial charge in [-0.3, -0.25) is 9.48 Å². The van der Waals surface area contributed by atoms with Crippen LogP contribution in [-0.4, -0.2) is 43.6 Å². The SMILES string of the molecule is C=C(C)OCCn1cc(Cc2ncc(-c3ccc(CC(=O)Nc4cc(C5(C(F)(F)F)CC5)on4)cc3)cn2)c(C)n1.